The van der Waals surface area contributed by atoms with E-state index in [1.807, 2.05) is 13.0 Å². The predicted molar refractivity (Wildman–Crippen MR) is 46.3 cm³/mol. The van der Waals surface area contributed by atoms with Gasteiger partial charge in [-0.2, -0.15) is 0 Å². The van der Waals surface area contributed by atoms with E-state index in [1.165, 1.54) is 6.42 Å². The Labute approximate surface area is 68.5 Å². The lowest BCUT2D eigenvalue weighted by Crippen LogP contribution is -2.07. The first-order valence-corrected chi connectivity index (χ1v) is 4.40. The van der Waals surface area contributed by atoms with Crippen LogP contribution in [0.1, 0.15) is 33.1 Å². The van der Waals surface area contributed by atoms with Gasteiger partial charge in [-0.3, -0.25) is 4.79 Å². The van der Waals surface area contributed by atoms with Crippen LogP contribution in [0.25, 0.3) is 0 Å². The highest BCUT2D eigenvalue weighted by Crippen LogP contribution is 2.30. The van der Waals surface area contributed by atoms with E-state index in [-0.39, 0.29) is 0 Å². The van der Waals surface area contributed by atoms with Crippen molar-refractivity contribution in [3.63, 3.8) is 0 Å². The second-order valence-corrected chi connectivity index (χ2v) is 3.52. The molecule has 1 aliphatic carbocycles. The van der Waals surface area contributed by atoms with E-state index in [2.05, 4.69) is 6.92 Å². The molecule has 1 rings (SSSR count). The number of ketones is 1. The lowest BCUT2D eigenvalue weighted by molar-refractivity contribution is -0.118. The summed E-state index contributed by atoms with van der Waals surface area (Å²) in [6, 6.07) is 0. The minimum Gasteiger partial charge on any atom is -0.295 e. The Balaban J connectivity index is 2.43. The van der Waals surface area contributed by atoms with Crippen LogP contribution in [0.2, 0.25) is 0 Å². The van der Waals surface area contributed by atoms with Gasteiger partial charge in [0.05, 0.1) is 0 Å². The van der Waals surface area contributed by atoms with E-state index in [1.54, 1.807) is 6.08 Å². The van der Waals surface area contributed by atoms with Crippen LogP contribution >= 0.6 is 0 Å². The summed E-state index contributed by atoms with van der Waals surface area (Å²) >= 11 is 0. The van der Waals surface area contributed by atoms with Crippen molar-refractivity contribution >= 4 is 5.78 Å². The van der Waals surface area contributed by atoms with Crippen molar-refractivity contribution in [1.82, 2.24) is 0 Å². The molecule has 0 spiro atoms. The standard InChI is InChI=1S/C10H16O/c1-3-4-10(11)9-6-5-8(2)7-9/h3-4,8-9H,5-7H2,1-2H3/b4-3+. The van der Waals surface area contributed by atoms with Gasteiger partial charge >= 0.3 is 0 Å². The summed E-state index contributed by atoms with van der Waals surface area (Å²) in [5, 5.41) is 0. The third kappa shape index (κ3) is 2.18. The van der Waals surface area contributed by atoms with Crippen molar-refractivity contribution in [2.45, 2.75) is 33.1 Å². The molecule has 0 aromatic carbocycles. The molecule has 0 N–H and O–H groups in total. The van der Waals surface area contributed by atoms with Crippen molar-refractivity contribution in [3.05, 3.63) is 12.2 Å². The highest BCUT2D eigenvalue weighted by Gasteiger charge is 2.25. The fraction of sp³-hybridized carbons (Fsp3) is 0.700. The molecule has 1 aliphatic rings. The summed E-state index contributed by atoms with van der Waals surface area (Å²) in [7, 11) is 0. The van der Waals surface area contributed by atoms with Gasteiger partial charge in [0.25, 0.3) is 0 Å². The molecule has 1 saturated carbocycles. The second-order valence-electron chi connectivity index (χ2n) is 3.52. The summed E-state index contributed by atoms with van der Waals surface area (Å²) in [4.78, 5) is 11.3. The molecule has 0 aromatic heterocycles. The molecule has 1 heteroatoms. The summed E-state index contributed by atoms with van der Waals surface area (Å²) in [5.74, 6) is 1.42. The van der Waals surface area contributed by atoms with Gasteiger partial charge in [0.2, 0.25) is 0 Å². The first kappa shape index (κ1) is 8.51. The zero-order valence-electron chi connectivity index (χ0n) is 7.34. The Morgan fingerprint density at radius 1 is 1.45 bits per heavy atom. The van der Waals surface area contributed by atoms with Gasteiger partial charge in [0, 0.05) is 5.92 Å². The monoisotopic (exact) mass is 152 g/mol. The summed E-state index contributed by atoms with van der Waals surface area (Å²) in [6.45, 7) is 4.12. The lowest BCUT2D eigenvalue weighted by Gasteiger charge is -2.02. The van der Waals surface area contributed by atoms with Gasteiger partial charge in [0.1, 0.15) is 0 Å². The molecule has 0 bridgehead atoms. The van der Waals surface area contributed by atoms with Crippen LogP contribution in [0.15, 0.2) is 12.2 Å². The van der Waals surface area contributed by atoms with E-state index >= 15 is 0 Å². The number of hydrogen-bond donors (Lipinski definition) is 0. The van der Waals surface area contributed by atoms with Crippen LogP contribution < -0.4 is 0 Å². The van der Waals surface area contributed by atoms with Crippen LogP contribution in [0.5, 0.6) is 0 Å². The minimum atomic E-state index is 0.330. The Kier molecular flexibility index (Phi) is 2.86. The molecule has 2 unspecified atom stereocenters. The molecule has 1 fully saturated rings. The van der Waals surface area contributed by atoms with Crippen LogP contribution in [0, 0.1) is 11.8 Å². The maximum absolute atomic E-state index is 11.3. The SMILES string of the molecule is C/C=C/C(=O)C1CCC(C)C1. The normalized spacial score (nSPS) is 31.5. The molecule has 0 aromatic rings. The number of rotatable bonds is 2. The highest BCUT2D eigenvalue weighted by atomic mass is 16.1. The van der Waals surface area contributed by atoms with E-state index in [0.717, 1.165) is 18.8 Å². The number of allylic oxidation sites excluding steroid dienone is 2. The van der Waals surface area contributed by atoms with Crippen LogP contribution in [-0.4, -0.2) is 5.78 Å². The molecule has 0 saturated heterocycles. The van der Waals surface area contributed by atoms with Crippen molar-refractivity contribution in [1.29, 1.82) is 0 Å². The molecular weight excluding hydrogens is 136 g/mol. The smallest absolute Gasteiger partial charge is 0.158 e. The molecule has 1 nitrogen and oxygen atoms in total. The topological polar surface area (TPSA) is 17.1 Å². The summed E-state index contributed by atoms with van der Waals surface area (Å²) in [5.41, 5.74) is 0. The molecule has 0 heterocycles. The van der Waals surface area contributed by atoms with Crippen molar-refractivity contribution in [2.75, 3.05) is 0 Å². The maximum atomic E-state index is 11.3. The molecule has 62 valence electrons. The van der Waals surface area contributed by atoms with E-state index in [0.29, 0.717) is 11.7 Å². The zero-order chi connectivity index (χ0) is 8.27. The average Bonchev–Trinajstić information content (AvgIpc) is 2.36. The maximum Gasteiger partial charge on any atom is 0.158 e. The quantitative estimate of drug-likeness (QED) is 0.556. The Morgan fingerprint density at radius 2 is 2.18 bits per heavy atom. The van der Waals surface area contributed by atoms with Gasteiger partial charge in [-0.05, 0) is 38.2 Å². The number of carbonyl (C=O) groups is 1. The fourth-order valence-corrected chi connectivity index (χ4v) is 1.77. The third-order valence-electron chi connectivity index (χ3n) is 2.43. The van der Waals surface area contributed by atoms with Crippen molar-refractivity contribution in [3.8, 4) is 0 Å². The Bertz CT molecular complexity index is 170. The van der Waals surface area contributed by atoms with Crippen molar-refractivity contribution in [2.24, 2.45) is 11.8 Å². The number of carbonyl (C=O) groups excluding carboxylic acids is 1. The zero-order valence-corrected chi connectivity index (χ0v) is 7.34. The van der Waals surface area contributed by atoms with Crippen molar-refractivity contribution < 1.29 is 4.79 Å². The molecule has 2 atom stereocenters. The van der Waals surface area contributed by atoms with Gasteiger partial charge in [-0.25, -0.2) is 0 Å². The van der Waals surface area contributed by atoms with Gasteiger partial charge in [-0.15, -0.1) is 0 Å². The molecule has 11 heavy (non-hydrogen) atoms. The molecule has 0 amide bonds. The van der Waals surface area contributed by atoms with Gasteiger partial charge < -0.3 is 0 Å². The third-order valence-corrected chi connectivity index (χ3v) is 2.43. The first-order valence-electron chi connectivity index (χ1n) is 4.40. The average molecular weight is 152 g/mol. The lowest BCUT2D eigenvalue weighted by atomic mass is 10.0. The largest absolute Gasteiger partial charge is 0.295 e. The highest BCUT2D eigenvalue weighted by molar-refractivity contribution is 5.91. The molecular formula is C10H16O. The van der Waals surface area contributed by atoms with Crippen LogP contribution in [0.3, 0.4) is 0 Å². The van der Waals surface area contributed by atoms with Gasteiger partial charge in [-0.1, -0.05) is 13.0 Å². The fourth-order valence-electron chi connectivity index (χ4n) is 1.77. The molecule has 0 aliphatic heterocycles. The summed E-state index contributed by atoms with van der Waals surface area (Å²) in [6.07, 6.45) is 6.98. The summed E-state index contributed by atoms with van der Waals surface area (Å²) < 4.78 is 0. The Hall–Kier alpha value is -0.590. The number of hydrogen-bond acceptors (Lipinski definition) is 1. The molecule has 0 radical (unpaired) electrons. The van der Waals surface area contributed by atoms with E-state index < -0.39 is 0 Å². The van der Waals surface area contributed by atoms with E-state index in [9.17, 15) is 4.79 Å². The van der Waals surface area contributed by atoms with E-state index in [4.69, 9.17) is 0 Å². The van der Waals surface area contributed by atoms with Crippen LogP contribution in [0.4, 0.5) is 0 Å². The predicted octanol–water partition coefficient (Wildman–Crippen LogP) is 2.57. The van der Waals surface area contributed by atoms with Gasteiger partial charge in [0.15, 0.2) is 5.78 Å². The second kappa shape index (κ2) is 3.70. The Morgan fingerprint density at radius 3 is 2.64 bits per heavy atom. The van der Waals surface area contributed by atoms with Crippen LogP contribution in [-0.2, 0) is 4.79 Å². The first-order chi connectivity index (χ1) is 5.24. The minimum absolute atomic E-state index is 0.330.